The topological polar surface area (TPSA) is 98.1 Å². The fraction of sp³-hybridized carbons (Fsp3) is 0.167. The van der Waals surface area contributed by atoms with Gasteiger partial charge in [-0.2, -0.15) is 5.10 Å². The number of rotatable bonds is 4. The molecule has 8 nitrogen and oxygen atoms in total. The van der Waals surface area contributed by atoms with Crippen LogP contribution in [-0.4, -0.2) is 44.1 Å². The summed E-state index contributed by atoms with van der Waals surface area (Å²) >= 11 is 0. The van der Waals surface area contributed by atoms with Crippen LogP contribution in [0.5, 0.6) is 17.5 Å². The van der Waals surface area contributed by atoms with Gasteiger partial charge in [0.15, 0.2) is 5.75 Å². The summed E-state index contributed by atoms with van der Waals surface area (Å²) in [6.07, 6.45) is 6.79. The molecule has 4 rings (SSSR count). The van der Waals surface area contributed by atoms with E-state index in [2.05, 4.69) is 20.2 Å². The van der Waals surface area contributed by atoms with Crippen molar-refractivity contribution in [3.63, 3.8) is 0 Å². The fourth-order valence-electron chi connectivity index (χ4n) is 2.98. The van der Waals surface area contributed by atoms with Crippen molar-refractivity contribution in [3.8, 4) is 34.5 Å². The number of aromatic hydroxyl groups is 1. The van der Waals surface area contributed by atoms with Crippen molar-refractivity contribution in [2.75, 3.05) is 14.2 Å². The Kier molecular flexibility index (Phi) is 3.72. The first-order valence-corrected chi connectivity index (χ1v) is 7.91. The van der Waals surface area contributed by atoms with E-state index in [9.17, 15) is 5.11 Å². The van der Waals surface area contributed by atoms with E-state index in [1.807, 2.05) is 19.1 Å². The van der Waals surface area contributed by atoms with Crippen LogP contribution in [0.4, 0.5) is 0 Å². The van der Waals surface area contributed by atoms with Crippen molar-refractivity contribution in [1.29, 1.82) is 0 Å². The van der Waals surface area contributed by atoms with E-state index in [1.54, 1.807) is 43.6 Å². The van der Waals surface area contributed by atoms with Crippen molar-refractivity contribution in [1.82, 2.24) is 24.7 Å². The van der Waals surface area contributed by atoms with Crippen molar-refractivity contribution in [2.45, 2.75) is 6.92 Å². The van der Waals surface area contributed by atoms with E-state index in [4.69, 9.17) is 9.47 Å². The van der Waals surface area contributed by atoms with E-state index < -0.39 is 0 Å². The Balaban J connectivity index is 1.88. The van der Waals surface area contributed by atoms with Crippen LogP contribution in [0, 0.1) is 6.92 Å². The minimum absolute atomic E-state index is 0.128. The van der Waals surface area contributed by atoms with Gasteiger partial charge in [0.05, 0.1) is 42.7 Å². The monoisotopic (exact) mass is 351 g/mol. The SMILES string of the molecule is COc1cc(-c2cc(C)c3c(O)n(-c4cn[nH]c4)cc3n2)cnc1OC. The summed E-state index contributed by atoms with van der Waals surface area (Å²) in [6, 6.07) is 3.73. The molecule has 0 aliphatic carbocycles. The van der Waals surface area contributed by atoms with Gasteiger partial charge in [-0.05, 0) is 24.6 Å². The van der Waals surface area contributed by atoms with Crippen LogP contribution < -0.4 is 9.47 Å². The molecule has 0 unspecified atom stereocenters. The summed E-state index contributed by atoms with van der Waals surface area (Å²) < 4.78 is 12.1. The third kappa shape index (κ3) is 2.43. The zero-order valence-electron chi connectivity index (χ0n) is 14.5. The molecule has 0 aliphatic heterocycles. The molecule has 4 aromatic heterocycles. The number of nitrogens with zero attached hydrogens (tertiary/aromatic N) is 4. The Morgan fingerprint density at radius 2 is 2.00 bits per heavy atom. The average molecular weight is 351 g/mol. The number of aromatic nitrogens is 5. The molecule has 8 heteroatoms. The highest BCUT2D eigenvalue weighted by Gasteiger charge is 2.16. The second-order valence-electron chi connectivity index (χ2n) is 5.80. The third-order valence-electron chi connectivity index (χ3n) is 4.24. The van der Waals surface area contributed by atoms with Crippen molar-refractivity contribution >= 4 is 10.9 Å². The smallest absolute Gasteiger partial charge is 0.256 e. The molecule has 0 saturated heterocycles. The van der Waals surface area contributed by atoms with Crippen LogP contribution in [0.1, 0.15) is 5.56 Å². The molecule has 4 heterocycles. The van der Waals surface area contributed by atoms with Crippen LogP contribution >= 0.6 is 0 Å². The number of hydrogen-bond acceptors (Lipinski definition) is 6. The summed E-state index contributed by atoms with van der Waals surface area (Å²) in [5.41, 5.74) is 3.83. The molecule has 132 valence electrons. The molecule has 4 aromatic rings. The van der Waals surface area contributed by atoms with Crippen LogP contribution in [0.25, 0.3) is 27.8 Å². The van der Waals surface area contributed by atoms with Gasteiger partial charge in [0.25, 0.3) is 5.88 Å². The lowest BCUT2D eigenvalue weighted by Crippen LogP contribution is -1.95. The molecule has 0 atom stereocenters. The van der Waals surface area contributed by atoms with Crippen molar-refractivity contribution in [2.24, 2.45) is 0 Å². The number of methoxy groups -OCH3 is 2. The van der Waals surface area contributed by atoms with Gasteiger partial charge >= 0.3 is 0 Å². The quantitative estimate of drug-likeness (QED) is 0.587. The zero-order chi connectivity index (χ0) is 18.3. The second-order valence-corrected chi connectivity index (χ2v) is 5.80. The summed E-state index contributed by atoms with van der Waals surface area (Å²) in [5.74, 6) is 1.07. The van der Waals surface area contributed by atoms with Crippen LogP contribution in [0.3, 0.4) is 0 Å². The fourth-order valence-corrected chi connectivity index (χ4v) is 2.98. The summed E-state index contributed by atoms with van der Waals surface area (Å²) in [7, 11) is 3.11. The first-order valence-electron chi connectivity index (χ1n) is 7.91. The largest absolute Gasteiger partial charge is 0.494 e. The Hall–Kier alpha value is -3.55. The Morgan fingerprint density at radius 1 is 1.15 bits per heavy atom. The molecule has 26 heavy (non-hydrogen) atoms. The number of aromatic amines is 1. The summed E-state index contributed by atoms with van der Waals surface area (Å²) in [4.78, 5) is 8.94. The number of hydrogen-bond donors (Lipinski definition) is 2. The maximum Gasteiger partial charge on any atom is 0.256 e. The first kappa shape index (κ1) is 15.9. The van der Waals surface area contributed by atoms with E-state index in [0.717, 1.165) is 22.5 Å². The minimum atomic E-state index is 0.128. The standard InChI is InChI=1S/C18H17N5O3/c1-10-4-13(11-5-15(25-2)17(26-3)19-6-11)22-14-9-23(18(24)16(10)14)12-7-20-21-8-12/h4-9,24H,1-3H3,(H,20,21). The number of pyridine rings is 2. The third-order valence-corrected chi connectivity index (χ3v) is 4.24. The lowest BCUT2D eigenvalue weighted by molar-refractivity contribution is 0.343. The molecule has 0 aromatic carbocycles. The first-order chi connectivity index (χ1) is 12.6. The van der Waals surface area contributed by atoms with Gasteiger partial charge in [-0.1, -0.05) is 0 Å². The van der Waals surface area contributed by atoms with E-state index in [1.165, 1.54) is 0 Å². The maximum absolute atomic E-state index is 10.6. The molecular formula is C18H17N5O3. The van der Waals surface area contributed by atoms with E-state index in [-0.39, 0.29) is 5.88 Å². The maximum atomic E-state index is 10.6. The molecule has 0 aliphatic rings. The number of aryl methyl sites for hydroxylation is 1. The van der Waals surface area contributed by atoms with E-state index >= 15 is 0 Å². The molecule has 0 fully saturated rings. The highest BCUT2D eigenvalue weighted by atomic mass is 16.5. The van der Waals surface area contributed by atoms with Crippen molar-refractivity contribution < 1.29 is 14.6 Å². The Bertz CT molecular complexity index is 1090. The van der Waals surface area contributed by atoms with Crippen LogP contribution in [0.2, 0.25) is 0 Å². The highest BCUT2D eigenvalue weighted by molar-refractivity contribution is 5.90. The van der Waals surface area contributed by atoms with Gasteiger partial charge in [0, 0.05) is 24.2 Å². The Labute approximate surface area is 149 Å². The van der Waals surface area contributed by atoms with Gasteiger partial charge in [-0.15, -0.1) is 0 Å². The number of ether oxygens (including phenoxy) is 2. The molecule has 0 saturated carbocycles. The number of H-pyrrole nitrogens is 1. The van der Waals surface area contributed by atoms with Crippen LogP contribution in [-0.2, 0) is 0 Å². The average Bonchev–Trinajstić information content (AvgIpc) is 3.29. The Morgan fingerprint density at radius 3 is 2.69 bits per heavy atom. The zero-order valence-corrected chi connectivity index (χ0v) is 14.5. The van der Waals surface area contributed by atoms with E-state index in [0.29, 0.717) is 22.5 Å². The number of fused-ring (bicyclic) bond motifs is 1. The normalized spacial score (nSPS) is 11.0. The highest BCUT2D eigenvalue weighted by Crippen LogP contribution is 2.35. The molecule has 0 spiro atoms. The minimum Gasteiger partial charge on any atom is -0.494 e. The lowest BCUT2D eigenvalue weighted by atomic mass is 10.1. The molecule has 2 N–H and O–H groups in total. The molecule has 0 bridgehead atoms. The summed E-state index contributed by atoms with van der Waals surface area (Å²) in [6.45, 7) is 1.93. The van der Waals surface area contributed by atoms with Gasteiger partial charge < -0.3 is 14.6 Å². The second kappa shape index (κ2) is 6.07. The van der Waals surface area contributed by atoms with Crippen molar-refractivity contribution in [3.05, 3.63) is 42.5 Å². The lowest BCUT2D eigenvalue weighted by Gasteiger charge is -2.09. The summed E-state index contributed by atoms with van der Waals surface area (Å²) in [5, 5.41) is 17.9. The van der Waals surface area contributed by atoms with Crippen LogP contribution in [0.15, 0.2) is 36.9 Å². The van der Waals surface area contributed by atoms with Gasteiger partial charge in [0.1, 0.15) is 0 Å². The van der Waals surface area contributed by atoms with Gasteiger partial charge in [-0.25, -0.2) is 9.97 Å². The molecular weight excluding hydrogens is 334 g/mol. The predicted octanol–water partition coefficient (Wildman–Crippen LogP) is 2.84. The van der Waals surface area contributed by atoms with Gasteiger partial charge in [-0.3, -0.25) is 9.67 Å². The molecule has 0 amide bonds. The van der Waals surface area contributed by atoms with Gasteiger partial charge in [0.2, 0.25) is 5.88 Å². The number of nitrogens with one attached hydrogen (secondary N) is 1. The molecule has 0 radical (unpaired) electrons. The predicted molar refractivity (Wildman–Crippen MR) is 96.0 cm³/mol.